The molecule has 202 valence electrons. The zero-order valence-electron chi connectivity index (χ0n) is 22.0. The Labute approximate surface area is 240 Å². The Morgan fingerprint density at radius 1 is 0.974 bits per heavy atom. The minimum Gasteiger partial charge on any atom is -0.327 e. The van der Waals surface area contributed by atoms with E-state index in [0.717, 1.165) is 42.6 Å². The Hall–Kier alpha value is -3.37. The summed E-state index contributed by atoms with van der Waals surface area (Å²) in [4.78, 5) is 30.5. The number of carbonyl (C=O) groups is 2. The maximum Gasteiger partial charge on any atom is 0.244 e. The van der Waals surface area contributed by atoms with E-state index in [4.69, 9.17) is 23.2 Å². The fraction of sp³-hybridized carbons (Fsp3) is 0.323. The summed E-state index contributed by atoms with van der Waals surface area (Å²) in [5.74, 6) is -0.394. The lowest BCUT2D eigenvalue weighted by molar-refractivity contribution is -0.137. The van der Waals surface area contributed by atoms with Crippen molar-refractivity contribution in [2.45, 2.75) is 38.6 Å². The maximum atomic E-state index is 13.5. The highest BCUT2D eigenvalue weighted by atomic mass is 35.5. The molecule has 6 nitrogen and oxygen atoms in total. The highest BCUT2D eigenvalue weighted by molar-refractivity contribution is 6.35. The number of piperidine rings is 1. The summed E-state index contributed by atoms with van der Waals surface area (Å²) >= 11 is 12.2. The molecule has 8 heteroatoms. The first kappa shape index (κ1) is 28.6. The van der Waals surface area contributed by atoms with Gasteiger partial charge in [0.1, 0.15) is 6.54 Å². The van der Waals surface area contributed by atoms with Gasteiger partial charge in [0, 0.05) is 28.7 Å². The number of halogens is 2. The van der Waals surface area contributed by atoms with Gasteiger partial charge in [0.05, 0.1) is 17.7 Å². The number of rotatable bonds is 9. The van der Waals surface area contributed by atoms with Crippen LogP contribution in [0.4, 0.5) is 5.69 Å². The molecule has 1 fully saturated rings. The van der Waals surface area contributed by atoms with E-state index in [1.54, 1.807) is 29.2 Å². The highest BCUT2D eigenvalue weighted by Gasteiger charge is 2.25. The molecule has 0 saturated carbocycles. The molecule has 4 rings (SSSR count). The zero-order valence-corrected chi connectivity index (χ0v) is 23.5. The average Bonchev–Trinajstić information content (AvgIpc) is 2.94. The number of amides is 2. The minimum absolute atomic E-state index is 0.0712. The Morgan fingerprint density at radius 2 is 1.67 bits per heavy atom. The van der Waals surface area contributed by atoms with E-state index in [1.165, 1.54) is 6.42 Å². The second-order valence-electron chi connectivity index (χ2n) is 9.87. The number of benzene rings is 3. The van der Waals surface area contributed by atoms with Crippen molar-refractivity contribution in [1.82, 2.24) is 9.80 Å². The summed E-state index contributed by atoms with van der Waals surface area (Å²) in [7, 11) is 0. The molecule has 1 aliphatic rings. The number of hydrogen-bond donors (Lipinski definition) is 1. The summed E-state index contributed by atoms with van der Waals surface area (Å²) in [5, 5.41) is 12.9. The highest BCUT2D eigenvalue weighted by Crippen LogP contribution is 2.27. The van der Waals surface area contributed by atoms with Crippen molar-refractivity contribution in [3.05, 3.63) is 87.9 Å². The normalized spacial score (nSPS) is 14.3. The van der Waals surface area contributed by atoms with Gasteiger partial charge in [-0.1, -0.05) is 66.0 Å². The van der Waals surface area contributed by atoms with Crippen molar-refractivity contribution in [2.24, 2.45) is 0 Å². The lowest BCUT2D eigenvalue weighted by atomic mass is 9.99. The van der Waals surface area contributed by atoms with Gasteiger partial charge in [0.25, 0.3) is 0 Å². The van der Waals surface area contributed by atoms with Gasteiger partial charge in [-0.3, -0.25) is 9.59 Å². The number of nitrogens with zero attached hydrogens (tertiary/aromatic N) is 3. The third-order valence-electron chi connectivity index (χ3n) is 7.06. The van der Waals surface area contributed by atoms with E-state index in [2.05, 4.69) is 16.3 Å². The second-order valence-corrected chi connectivity index (χ2v) is 10.7. The Kier molecular flexibility index (Phi) is 10.00. The molecule has 3 aromatic rings. The minimum atomic E-state index is -0.327. The van der Waals surface area contributed by atoms with E-state index in [0.29, 0.717) is 34.3 Å². The Morgan fingerprint density at radius 3 is 2.33 bits per heavy atom. The molecular formula is C31H32Cl2N4O2. The topological polar surface area (TPSA) is 76.4 Å². The van der Waals surface area contributed by atoms with Crippen molar-refractivity contribution in [3.63, 3.8) is 0 Å². The molecule has 0 spiro atoms. The first-order valence-electron chi connectivity index (χ1n) is 13.2. The Bertz CT molecular complexity index is 1330. The van der Waals surface area contributed by atoms with Gasteiger partial charge >= 0.3 is 0 Å². The predicted molar refractivity (Wildman–Crippen MR) is 157 cm³/mol. The van der Waals surface area contributed by atoms with Crippen LogP contribution in [0.5, 0.6) is 0 Å². The molecule has 1 saturated heterocycles. The van der Waals surface area contributed by atoms with Crippen LogP contribution in [0.1, 0.15) is 49.8 Å². The number of carbonyl (C=O) groups excluding carboxylic acids is 2. The van der Waals surface area contributed by atoms with Crippen molar-refractivity contribution in [2.75, 3.05) is 31.5 Å². The molecule has 3 aromatic carbocycles. The third kappa shape index (κ3) is 8.06. The number of nitriles is 1. The largest absolute Gasteiger partial charge is 0.327 e. The number of likely N-dealkylation sites (tertiary alicyclic amines) is 1. The summed E-state index contributed by atoms with van der Waals surface area (Å²) in [6, 6.07) is 22.0. The van der Waals surface area contributed by atoms with Crippen LogP contribution in [0, 0.1) is 11.3 Å². The van der Waals surface area contributed by atoms with Gasteiger partial charge in [0.15, 0.2) is 0 Å². The molecule has 1 atom stereocenters. The van der Waals surface area contributed by atoms with Crippen LogP contribution in [0.25, 0.3) is 11.1 Å². The molecule has 0 radical (unpaired) electrons. The second kappa shape index (κ2) is 13.6. The first-order chi connectivity index (χ1) is 18.8. The van der Waals surface area contributed by atoms with Crippen molar-refractivity contribution < 1.29 is 9.59 Å². The summed E-state index contributed by atoms with van der Waals surface area (Å²) in [6.45, 7) is 4.53. The van der Waals surface area contributed by atoms with E-state index in [-0.39, 0.29) is 24.4 Å². The van der Waals surface area contributed by atoms with Crippen molar-refractivity contribution >= 4 is 40.7 Å². The smallest absolute Gasteiger partial charge is 0.244 e. The average molecular weight is 564 g/mol. The van der Waals surface area contributed by atoms with Crippen LogP contribution in [0.2, 0.25) is 10.0 Å². The fourth-order valence-electron chi connectivity index (χ4n) is 4.91. The van der Waals surface area contributed by atoms with Gasteiger partial charge < -0.3 is 15.1 Å². The quantitative estimate of drug-likeness (QED) is 0.306. The zero-order chi connectivity index (χ0) is 27.8. The molecule has 0 bridgehead atoms. The lowest BCUT2D eigenvalue weighted by Crippen LogP contribution is -2.41. The fourth-order valence-corrected chi connectivity index (χ4v) is 5.43. The summed E-state index contributed by atoms with van der Waals surface area (Å²) in [5.41, 5.74) is 3.92. The Balaban J connectivity index is 1.51. The van der Waals surface area contributed by atoms with Gasteiger partial charge in [-0.05, 0) is 79.9 Å². The van der Waals surface area contributed by atoms with Gasteiger partial charge in [-0.15, -0.1) is 0 Å². The van der Waals surface area contributed by atoms with Crippen LogP contribution < -0.4 is 5.32 Å². The van der Waals surface area contributed by atoms with E-state index < -0.39 is 0 Å². The van der Waals surface area contributed by atoms with Gasteiger partial charge in [0.2, 0.25) is 11.8 Å². The molecule has 39 heavy (non-hydrogen) atoms. The summed E-state index contributed by atoms with van der Waals surface area (Å²) in [6.07, 6.45) is 3.89. The van der Waals surface area contributed by atoms with Crippen molar-refractivity contribution in [1.29, 1.82) is 5.26 Å². The van der Waals surface area contributed by atoms with Crippen LogP contribution in [-0.4, -0.2) is 47.8 Å². The van der Waals surface area contributed by atoms with Crippen LogP contribution in [0.15, 0.2) is 66.7 Å². The van der Waals surface area contributed by atoms with Crippen LogP contribution >= 0.6 is 23.2 Å². The maximum absolute atomic E-state index is 13.5. The number of hydrogen-bond acceptors (Lipinski definition) is 4. The van der Waals surface area contributed by atoms with E-state index in [1.807, 2.05) is 49.4 Å². The molecule has 1 N–H and O–H groups in total. The monoisotopic (exact) mass is 562 g/mol. The molecule has 0 unspecified atom stereocenters. The third-order valence-corrected chi connectivity index (χ3v) is 7.49. The standard InChI is InChI=1S/C31H32Cl2N4O2/c1-22(24-8-10-25(11-9-24)26-7-5-6-23(16-26)20-34)37(31(39)12-15-36-13-3-2-4-14-36)21-30(38)35-29-18-27(32)17-28(33)19-29/h5-11,16-19,22H,2-4,12-15,21H2,1H3,(H,35,38)/t22-/m0/s1. The lowest BCUT2D eigenvalue weighted by Gasteiger charge is -2.31. The van der Waals surface area contributed by atoms with Crippen LogP contribution in [0.3, 0.4) is 0 Å². The molecular weight excluding hydrogens is 531 g/mol. The molecule has 2 amide bonds. The first-order valence-corrected chi connectivity index (χ1v) is 14.0. The molecule has 0 aromatic heterocycles. The molecule has 0 aliphatic carbocycles. The predicted octanol–water partition coefficient (Wildman–Crippen LogP) is 6.94. The van der Waals surface area contributed by atoms with E-state index >= 15 is 0 Å². The van der Waals surface area contributed by atoms with Gasteiger partial charge in [-0.25, -0.2) is 0 Å². The van der Waals surface area contributed by atoms with Gasteiger partial charge in [-0.2, -0.15) is 5.26 Å². The number of anilines is 1. The summed E-state index contributed by atoms with van der Waals surface area (Å²) < 4.78 is 0. The van der Waals surface area contributed by atoms with E-state index in [9.17, 15) is 14.9 Å². The van der Waals surface area contributed by atoms with Crippen molar-refractivity contribution in [3.8, 4) is 17.2 Å². The number of nitrogens with one attached hydrogen (secondary N) is 1. The SMILES string of the molecule is C[C@@H](c1ccc(-c2cccc(C#N)c2)cc1)N(CC(=O)Nc1cc(Cl)cc(Cl)c1)C(=O)CCN1CCCCC1. The molecule has 1 heterocycles. The van der Waals surface area contributed by atoms with Crippen LogP contribution in [-0.2, 0) is 9.59 Å². The molecule has 1 aliphatic heterocycles.